The van der Waals surface area contributed by atoms with Gasteiger partial charge in [0.05, 0.1) is 78.3 Å². The van der Waals surface area contributed by atoms with Crippen molar-refractivity contribution in [2.75, 3.05) is 58.1 Å². The Morgan fingerprint density at radius 2 is 1.22 bits per heavy atom. The maximum absolute atomic E-state index is 13.1. The molecule has 0 fully saturated rings. The van der Waals surface area contributed by atoms with Crippen LogP contribution in [0.5, 0.6) is 28.7 Å². The number of carbonyl (C=O) groups is 1. The molecule has 22 nitrogen and oxygen atoms in total. The second-order valence-corrected chi connectivity index (χ2v) is 23.4. The molecule has 0 aliphatic rings. The van der Waals surface area contributed by atoms with Crippen LogP contribution in [0.2, 0.25) is 0 Å². The van der Waals surface area contributed by atoms with Crippen molar-refractivity contribution in [1.29, 1.82) is 0 Å². The number of nitrogens with one attached hydrogen (secondary N) is 2. The predicted molar refractivity (Wildman–Crippen MR) is 336 cm³/mol. The van der Waals surface area contributed by atoms with E-state index < -0.39 is 37.4 Å². The topological polar surface area (TPSA) is 334 Å². The lowest BCUT2D eigenvalue weighted by Gasteiger charge is -2.06. The minimum atomic E-state index is -6.04. The van der Waals surface area contributed by atoms with Crippen LogP contribution >= 0.6 is 58.4 Å². The van der Waals surface area contributed by atoms with Gasteiger partial charge in [0, 0.05) is 17.7 Å². The molecule has 0 aliphatic heterocycles. The Balaban J connectivity index is 0.000000352. The van der Waals surface area contributed by atoms with E-state index in [1.807, 2.05) is 11.2 Å². The number of aromatic hydroxyl groups is 1. The average molecular weight is 1400 g/mol. The van der Waals surface area contributed by atoms with Crippen LogP contribution in [0.25, 0.3) is 30.6 Å². The number of aromatic nitrogens is 3. The number of methoxy groups -OCH3 is 4. The molecule has 0 bridgehead atoms. The number of carbonyl (C=O) groups excluding carboxylic acids is 1. The first-order valence-corrected chi connectivity index (χ1v) is 30.9. The van der Waals surface area contributed by atoms with Gasteiger partial charge in [0.1, 0.15) is 61.6 Å². The number of phenolic OH excluding ortho intramolecular Hbond substituents is 1. The highest BCUT2D eigenvalue weighted by atomic mass is 32.3. The molecule has 6 aromatic carbocycles. The van der Waals surface area contributed by atoms with Gasteiger partial charge in [-0.05, 0) is 110 Å². The van der Waals surface area contributed by atoms with Gasteiger partial charge in [0.15, 0.2) is 27.7 Å². The fourth-order valence-electron chi connectivity index (χ4n) is 5.83. The Morgan fingerprint density at radius 3 is 1.69 bits per heavy atom. The molecule has 3 aromatic heterocycles. The zero-order valence-corrected chi connectivity index (χ0v) is 53.5. The van der Waals surface area contributed by atoms with Gasteiger partial charge in [-0.3, -0.25) is 14.8 Å². The molecule has 0 spiro atoms. The van der Waals surface area contributed by atoms with Crippen LogP contribution in [0.3, 0.4) is 0 Å². The summed E-state index contributed by atoms with van der Waals surface area (Å²) in [5, 5.41) is 22.0. The minimum absolute atomic E-state index is 0.0205. The van der Waals surface area contributed by atoms with Crippen molar-refractivity contribution in [1.82, 2.24) is 20.6 Å². The number of thiocarbonyl (C=S) groups is 2. The van der Waals surface area contributed by atoms with Gasteiger partial charge in [-0.25, -0.2) is 36.9 Å². The molecule has 1 amide bonds. The second-order valence-electron chi connectivity index (χ2n) is 16.7. The van der Waals surface area contributed by atoms with E-state index in [0.717, 1.165) is 11.1 Å². The number of isothiocyanates is 1. The van der Waals surface area contributed by atoms with Crippen LogP contribution in [0, 0.1) is 35.0 Å². The number of thiazole rings is 3. The highest BCUT2D eigenvalue weighted by Crippen LogP contribution is 2.34. The molecule has 3 heterocycles. The van der Waals surface area contributed by atoms with Gasteiger partial charge < -0.3 is 46.6 Å². The lowest BCUT2D eigenvalue weighted by molar-refractivity contribution is -0.129. The summed E-state index contributed by atoms with van der Waals surface area (Å²) in [6.45, 7) is 4.76. The number of hydrogen-bond donors (Lipinski definition) is 7. The summed E-state index contributed by atoms with van der Waals surface area (Å²) < 4.78 is 163. The summed E-state index contributed by atoms with van der Waals surface area (Å²) in [4.78, 5) is 30.2. The van der Waals surface area contributed by atoms with Crippen LogP contribution in [0.15, 0.2) is 119 Å². The molecule has 9 rings (SSSR count). The Hall–Kier alpha value is -8.07. The summed E-state index contributed by atoms with van der Waals surface area (Å²) in [7, 11) is -4.62. The van der Waals surface area contributed by atoms with Gasteiger partial charge in [-0.15, -0.1) is 26.3 Å². The second kappa shape index (κ2) is 38.5. The molecule has 488 valence electrons. The number of benzene rings is 6. The molecular weight excluding hydrogens is 1350 g/mol. The largest absolute Gasteiger partial charge is 0.524 e. The lowest BCUT2D eigenvalue weighted by Crippen LogP contribution is -2.27. The summed E-state index contributed by atoms with van der Waals surface area (Å²) >= 11 is 12.7. The number of halogens is 8. The Morgan fingerprint density at radius 1 is 0.722 bits per heavy atom. The van der Waals surface area contributed by atoms with Gasteiger partial charge in [0.2, 0.25) is 0 Å². The summed E-state index contributed by atoms with van der Waals surface area (Å²) in [6, 6.07) is 25.6. The number of nitrogens with zero attached hydrogens (tertiary/aromatic N) is 4. The highest BCUT2D eigenvalue weighted by Gasteiger charge is 2.49. The van der Waals surface area contributed by atoms with E-state index in [9.17, 15) is 61.9 Å². The smallest absolute Gasteiger partial charge is 0.506 e. The van der Waals surface area contributed by atoms with E-state index in [4.69, 9.17) is 41.4 Å². The van der Waals surface area contributed by atoms with Crippen molar-refractivity contribution in [3.8, 4) is 28.7 Å². The number of alkyl halides is 3. The third kappa shape index (κ3) is 27.0. The van der Waals surface area contributed by atoms with Crippen molar-refractivity contribution in [2.24, 2.45) is 16.6 Å². The molecule has 10 N–H and O–H groups in total. The average Bonchev–Trinajstić information content (AvgIpc) is 1.92. The van der Waals surface area contributed by atoms with Crippen LogP contribution in [0.1, 0.15) is 30.6 Å². The van der Waals surface area contributed by atoms with Crippen LogP contribution in [-0.4, -0.2) is 105 Å². The van der Waals surface area contributed by atoms with Crippen LogP contribution in [-0.2, 0) is 28.7 Å². The number of anilines is 3. The lowest BCUT2D eigenvalue weighted by atomic mass is 10.1. The molecule has 0 unspecified atom stereocenters. The summed E-state index contributed by atoms with van der Waals surface area (Å²) in [5.41, 5.74) is 16.7. The van der Waals surface area contributed by atoms with E-state index in [-0.39, 0.29) is 62.9 Å². The quantitative estimate of drug-likeness (QED) is 0.0114. The molecule has 0 radical (unpaired) electrons. The monoisotopic (exact) mass is 1400 g/mol. The van der Waals surface area contributed by atoms with Crippen LogP contribution in [0.4, 0.5) is 51.6 Å². The number of ether oxygens (including phenoxy) is 4. The summed E-state index contributed by atoms with van der Waals surface area (Å²) in [5.74, 6) is 0.857. The van der Waals surface area contributed by atoms with Crippen molar-refractivity contribution >= 4 is 142 Å². The van der Waals surface area contributed by atoms with E-state index in [1.54, 1.807) is 54.7 Å². The molecule has 90 heavy (non-hydrogen) atoms. The highest BCUT2D eigenvalue weighted by molar-refractivity contribution is 7.99. The van der Waals surface area contributed by atoms with Crippen molar-refractivity contribution in [3.63, 3.8) is 0 Å². The van der Waals surface area contributed by atoms with Crippen molar-refractivity contribution in [2.45, 2.75) is 25.8 Å². The first kappa shape index (κ1) is 78.0. The first-order chi connectivity index (χ1) is 42.3. The van der Waals surface area contributed by atoms with E-state index in [1.165, 1.54) is 122 Å². The predicted octanol–water partition coefficient (Wildman–Crippen LogP) is 12.2. The van der Waals surface area contributed by atoms with E-state index in [0.29, 0.717) is 61.1 Å². The maximum Gasteiger partial charge on any atom is 0.524 e. The van der Waals surface area contributed by atoms with E-state index >= 15 is 0 Å². The number of phenols is 1. The normalized spacial score (nSPS) is 10.5. The molecule has 37 heteroatoms. The van der Waals surface area contributed by atoms with Gasteiger partial charge >= 0.3 is 15.6 Å². The molecule has 0 aliphatic carbocycles. The third-order valence-corrected chi connectivity index (χ3v) is 14.9. The molecule has 0 saturated heterocycles. The Kier molecular flexibility index (Phi) is 33.4. The minimum Gasteiger partial charge on any atom is -0.506 e. The standard InChI is InChI=1S/C8H7FN2OS.C8H9FN2OS.C8H6FNOS.C8H5NOS.C7H4FNOS.C7H8FNO.C5H13NO2.C2H3F3O5S2/c1-12-5-3-2-4(9)6-7(5)13-8(10)11-6;1-12-5-2-3-6(9)7(4-5)11-8(10)13;1-11-6-3-2-5(9)7-8(6)12-4-10-7;10-8(9-6-11)7-4-2-1-3-5-7;8-4-1-2-5(10)7-6(4)9-3-11-7;1-10-5-2-3-6(8)7(9)4-5;1-5(2)3-4-8-6-7;1-11(6,7)10-12(8,9)2(3,4)5/h2-3H,1H3,(H2,10,11);2-4H,1H3,(H3,10,11,13);2-4H,1H3;1-5H;1-3,10H;2-4H,9H2,1H3;5-7H,3-4H2,1-2H3;1H3. The number of nitrogens with two attached hydrogens (primary N) is 3. The first-order valence-electron chi connectivity index (χ1n) is 24.3. The molecule has 0 saturated carbocycles. The Labute approximate surface area is 532 Å². The van der Waals surface area contributed by atoms with E-state index in [2.05, 4.69) is 72.0 Å². The van der Waals surface area contributed by atoms with Gasteiger partial charge in [-0.1, -0.05) is 49.0 Å². The number of nitrogen functional groups attached to an aromatic ring is 2. The fourth-order valence-corrected chi connectivity index (χ4v) is 9.97. The molecule has 0 atom stereocenters. The summed E-state index contributed by atoms with van der Waals surface area (Å²) in [6.07, 6.45) is 1.16. The SMILES string of the molecule is CC(C)CCONO.COc1ccc(F)c(N)c1.COc1ccc(F)c(NC(N)=S)c1.COc1ccc(F)c2nc(N)sc12.COc1ccc(F)c2ncsc12.CS(=O)(=O)OS(=O)(=O)C(F)(F)F.O=C(N=C=S)c1ccccc1.Oc1ccc(F)c2ncsc12. The zero-order chi connectivity index (χ0) is 67.9. The van der Waals surface area contributed by atoms with Crippen LogP contribution < -0.4 is 47.1 Å². The van der Waals surface area contributed by atoms with Gasteiger partial charge in [-0.2, -0.15) is 35.0 Å². The molecular formula is C53H55F8N9O13S7. The maximum atomic E-state index is 13.1. The number of amides is 1. The van der Waals surface area contributed by atoms with Crippen molar-refractivity contribution < 1.29 is 94.5 Å². The number of hydrogen-bond acceptors (Lipinski definition) is 24. The van der Waals surface area contributed by atoms with Gasteiger partial charge in [0.25, 0.3) is 16.0 Å². The number of aliphatic imine (C=N–C) groups is 1. The number of rotatable bonds is 12. The Bertz CT molecular complexity index is 4000. The number of fused-ring (bicyclic) bond motifs is 3. The zero-order valence-electron chi connectivity index (χ0n) is 47.7. The third-order valence-electron chi connectivity index (χ3n) is 9.89. The fraction of sp³-hybridized carbons (Fsp3) is 0.208. The molecule has 9 aromatic rings. The van der Waals surface area contributed by atoms with Crippen molar-refractivity contribution in [3.05, 3.63) is 149 Å².